The Bertz CT molecular complexity index is 555. The number of hydrogen-bond donors (Lipinski definition) is 2. The first-order valence-corrected chi connectivity index (χ1v) is 9.65. The molecule has 0 bridgehead atoms. The molecule has 0 aliphatic rings. The van der Waals surface area contributed by atoms with Gasteiger partial charge in [0, 0.05) is 23.7 Å². The van der Waals surface area contributed by atoms with Crippen LogP contribution in [0.25, 0.3) is 0 Å². The fourth-order valence-corrected chi connectivity index (χ4v) is 3.58. The molecule has 1 aromatic carbocycles. The van der Waals surface area contributed by atoms with Crippen LogP contribution in [0.15, 0.2) is 41.1 Å². The molecule has 0 amide bonds. The van der Waals surface area contributed by atoms with Gasteiger partial charge >= 0.3 is 0 Å². The Morgan fingerprint density at radius 1 is 1.27 bits per heavy atom. The zero-order chi connectivity index (χ0) is 15.6. The van der Waals surface area contributed by atoms with Crippen LogP contribution in [0.4, 0.5) is 5.69 Å². The highest BCUT2D eigenvalue weighted by Crippen LogP contribution is 2.16. The fraction of sp³-hybridized carbons (Fsp3) is 0.312. The molecule has 0 aliphatic heterocycles. The van der Waals surface area contributed by atoms with E-state index in [9.17, 15) is 0 Å². The van der Waals surface area contributed by atoms with Gasteiger partial charge in [0.25, 0.3) is 0 Å². The molecule has 0 spiro atoms. The first-order valence-electron chi connectivity index (χ1n) is 7.14. The smallest absolute Gasteiger partial charge is 0.170 e. The van der Waals surface area contributed by atoms with Crippen LogP contribution in [0.3, 0.4) is 0 Å². The van der Waals surface area contributed by atoms with E-state index in [-0.39, 0.29) is 0 Å². The lowest BCUT2D eigenvalue weighted by molar-refractivity contribution is 0.340. The summed E-state index contributed by atoms with van der Waals surface area (Å²) in [6.07, 6.45) is 0. The summed E-state index contributed by atoms with van der Waals surface area (Å²) in [5.41, 5.74) is 2.36. The summed E-state index contributed by atoms with van der Waals surface area (Å²) in [6.45, 7) is 3.51. The molecule has 2 aromatic rings. The van der Waals surface area contributed by atoms with E-state index in [2.05, 4.69) is 27.5 Å². The van der Waals surface area contributed by atoms with Crippen molar-refractivity contribution in [1.29, 1.82) is 0 Å². The molecule has 1 heterocycles. The molecule has 0 aliphatic carbocycles. The Hall–Kier alpha value is -1.24. The molecule has 2 N–H and O–H groups in total. The van der Waals surface area contributed by atoms with Crippen LogP contribution in [0.5, 0.6) is 5.75 Å². The van der Waals surface area contributed by atoms with Gasteiger partial charge in [0.2, 0.25) is 0 Å². The second kappa shape index (κ2) is 9.71. The highest BCUT2D eigenvalue weighted by atomic mass is 32.2. The summed E-state index contributed by atoms with van der Waals surface area (Å²) in [5, 5.41) is 11.4. The number of thiocarbonyl (C=S) groups is 1. The predicted molar refractivity (Wildman–Crippen MR) is 102 cm³/mol. The van der Waals surface area contributed by atoms with Crippen LogP contribution in [0.1, 0.15) is 12.5 Å². The second-order valence-electron chi connectivity index (χ2n) is 4.52. The zero-order valence-corrected chi connectivity index (χ0v) is 15.0. The van der Waals surface area contributed by atoms with Crippen molar-refractivity contribution in [3.8, 4) is 5.75 Å². The number of thiophene rings is 1. The highest BCUT2D eigenvalue weighted by molar-refractivity contribution is 7.98. The Balaban J connectivity index is 1.60. The van der Waals surface area contributed by atoms with Gasteiger partial charge in [-0.1, -0.05) is 0 Å². The molecule has 0 unspecified atom stereocenters. The Morgan fingerprint density at radius 3 is 2.77 bits per heavy atom. The van der Waals surface area contributed by atoms with Gasteiger partial charge in [-0.25, -0.2) is 0 Å². The summed E-state index contributed by atoms with van der Waals surface area (Å²) in [4.78, 5) is 0. The van der Waals surface area contributed by atoms with Crippen molar-refractivity contribution >= 4 is 46.1 Å². The number of benzene rings is 1. The van der Waals surface area contributed by atoms with Gasteiger partial charge in [0.05, 0.1) is 6.61 Å². The van der Waals surface area contributed by atoms with Gasteiger partial charge in [-0.3, -0.25) is 0 Å². The number of rotatable bonds is 8. The molecule has 0 saturated heterocycles. The quantitative estimate of drug-likeness (QED) is 0.545. The second-order valence-corrected chi connectivity index (χ2v) is 6.82. The molecule has 118 valence electrons. The predicted octanol–water partition coefficient (Wildman–Crippen LogP) is 4.37. The molecule has 2 rings (SSSR count). The Labute approximate surface area is 145 Å². The summed E-state index contributed by atoms with van der Waals surface area (Å²) in [5.74, 6) is 2.96. The van der Waals surface area contributed by atoms with Crippen molar-refractivity contribution in [2.75, 3.05) is 24.2 Å². The van der Waals surface area contributed by atoms with E-state index in [1.54, 1.807) is 11.3 Å². The van der Waals surface area contributed by atoms with Crippen LogP contribution < -0.4 is 15.4 Å². The van der Waals surface area contributed by atoms with Gasteiger partial charge in [0.1, 0.15) is 5.75 Å². The molecule has 0 fully saturated rings. The molecule has 3 nitrogen and oxygen atoms in total. The maximum absolute atomic E-state index is 5.41. The fourth-order valence-electron chi connectivity index (χ4n) is 1.78. The van der Waals surface area contributed by atoms with Crippen molar-refractivity contribution < 1.29 is 4.74 Å². The average molecular weight is 353 g/mol. The lowest BCUT2D eigenvalue weighted by Gasteiger charge is -2.11. The monoisotopic (exact) mass is 352 g/mol. The van der Waals surface area contributed by atoms with Crippen molar-refractivity contribution in [2.45, 2.75) is 12.7 Å². The van der Waals surface area contributed by atoms with E-state index in [0.29, 0.717) is 11.7 Å². The molecule has 1 aromatic heterocycles. The Kier molecular flexibility index (Phi) is 7.56. The Morgan fingerprint density at radius 2 is 2.09 bits per heavy atom. The topological polar surface area (TPSA) is 33.3 Å². The SMILES string of the molecule is CCOc1ccc(NC(=S)NCCSCc2ccsc2)cc1. The summed E-state index contributed by atoms with van der Waals surface area (Å²) in [6, 6.07) is 9.97. The lowest BCUT2D eigenvalue weighted by Crippen LogP contribution is -2.30. The number of hydrogen-bond acceptors (Lipinski definition) is 4. The minimum Gasteiger partial charge on any atom is -0.494 e. The standard InChI is InChI=1S/C16H20N2OS3/c1-2-19-15-5-3-14(4-6-15)18-16(20)17-8-10-22-12-13-7-9-21-11-13/h3-7,9,11H,2,8,10,12H2,1H3,(H2,17,18,20). The molecule has 0 saturated carbocycles. The van der Waals surface area contributed by atoms with Gasteiger partial charge < -0.3 is 15.4 Å². The van der Waals surface area contributed by atoms with Crippen LogP contribution in [-0.4, -0.2) is 24.0 Å². The number of nitrogens with one attached hydrogen (secondary N) is 2. The summed E-state index contributed by atoms with van der Waals surface area (Å²) in [7, 11) is 0. The molecule has 0 radical (unpaired) electrons. The van der Waals surface area contributed by atoms with Gasteiger partial charge in [-0.2, -0.15) is 23.1 Å². The first kappa shape index (κ1) is 17.1. The third-order valence-electron chi connectivity index (χ3n) is 2.80. The van der Waals surface area contributed by atoms with Crippen LogP contribution in [-0.2, 0) is 5.75 Å². The molecule has 22 heavy (non-hydrogen) atoms. The normalized spacial score (nSPS) is 10.2. The third-order valence-corrected chi connectivity index (χ3v) is 4.81. The summed E-state index contributed by atoms with van der Waals surface area (Å²) >= 11 is 8.94. The van der Waals surface area contributed by atoms with E-state index >= 15 is 0 Å². The molecule has 0 atom stereocenters. The van der Waals surface area contributed by atoms with E-state index < -0.39 is 0 Å². The van der Waals surface area contributed by atoms with Gasteiger partial charge in [-0.15, -0.1) is 0 Å². The molecular formula is C16H20N2OS3. The summed E-state index contributed by atoms with van der Waals surface area (Å²) < 4.78 is 5.41. The zero-order valence-electron chi connectivity index (χ0n) is 12.5. The molecule has 6 heteroatoms. The van der Waals surface area contributed by atoms with Crippen molar-refractivity contribution in [2.24, 2.45) is 0 Å². The number of ether oxygens (including phenoxy) is 1. The van der Waals surface area contributed by atoms with Crippen LogP contribution in [0, 0.1) is 0 Å². The van der Waals surface area contributed by atoms with Crippen LogP contribution in [0.2, 0.25) is 0 Å². The number of thioether (sulfide) groups is 1. The average Bonchev–Trinajstić information content (AvgIpc) is 3.02. The molecular weight excluding hydrogens is 332 g/mol. The highest BCUT2D eigenvalue weighted by Gasteiger charge is 1.99. The van der Waals surface area contributed by atoms with Crippen molar-refractivity contribution in [1.82, 2.24) is 5.32 Å². The van der Waals surface area contributed by atoms with Gasteiger partial charge in [-0.05, 0) is 65.8 Å². The first-order chi connectivity index (χ1) is 10.8. The van der Waals surface area contributed by atoms with Crippen molar-refractivity contribution in [3.63, 3.8) is 0 Å². The van der Waals surface area contributed by atoms with Crippen LogP contribution >= 0.6 is 35.3 Å². The minimum absolute atomic E-state index is 0.653. The van der Waals surface area contributed by atoms with E-state index in [1.165, 1.54) is 5.56 Å². The lowest BCUT2D eigenvalue weighted by atomic mass is 10.3. The van der Waals surface area contributed by atoms with E-state index in [1.807, 2.05) is 43.0 Å². The van der Waals surface area contributed by atoms with E-state index in [4.69, 9.17) is 17.0 Å². The maximum Gasteiger partial charge on any atom is 0.170 e. The van der Waals surface area contributed by atoms with Crippen molar-refractivity contribution in [3.05, 3.63) is 46.7 Å². The van der Waals surface area contributed by atoms with E-state index in [0.717, 1.165) is 29.5 Å². The maximum atomic E-state index is 5.41. The third kappa shape index (κ3) is 6.25. The largest absolute Gasteiger partial charge is 0.494 e. The van der Waals surface area contributed by atoms with Gasteiger partial charge in [0.15, 0.2) is 5.11 Å². The number of anilines is 1. The minimum atomic E-state index is 0.653.